The fraction of sp³-hybridized carbons (Fsp3) is 0.429. The molecule has 30 heavy (non-hydrogen) atoms. The number of esters is 2. The van der Waals surface area contributed by atoms with Gasteiger partial charge in [0.05, 0.1) is 43.8 Å². The molecule has 0 aromatic carbocycles. The predicted octanol–water partition coefficient (Wildman–Crippen LogP) is 0.145. The number of ether oxygens (including phenoxy) is 2. The summed E-state index contributed by atoms with van der Waals surface area (Å²) in [6, 6.07) is 9.20. The molecule has 158 valence electrons. The van der Waals surface area contributed by atoms with Crippen LogP contribution in [0.25, 0.3) is 0 Å². The molecule has 0 aliphatic carbocycles. The summed E-state index contributed by atoms with van der Waals surface area (Å²) >= 11 is 0. The van der Waals surface area contributed by atoms with Crippen molar-refractivity contribution in [3.8, 4) is 0 Å². The molecule has 3 N–H and O–H groups in total. The highest BCUT2D eigenvalue weighted by atomic mass is 16.5. The Balaban J connectivity index is 1.96. The molecule has 2 saturated heterocycles. The molecule has 2 unspecified atom stereocenters. The fourth-order valence-electron chi connectivity index (χ4n) is 4.89. The summed E-state index contributed by atoms with van der Waals surface area (Å²) in [5, 5.41) is 18.3. The van der Waals surface area contributed by atoms with Gasteiger partial charge in [-0.05, 0) is 24.3 Å². The Kier molecular flexibility index (Phi) is 5.27. The highest BCUT2D eigenvalue weighted by Crippen LogP contribution is 2.56. The molecule has 0 spiro atoms. The molecule has 0 radical (unpaired) electrons. The van der Waals surface area contributed by atoms with Crippen LogP contribution in [0.1, 0.15) is 23.5 Å². The number of hydrogen-bond acceptors (Lipinski definition) is 9. The molecule has 2 aromatic heterocycles. The summed E-state index contributed by atoms with van der Waals surface area (Å²) in [4.78, 5) is 35.1. The highest BCUT2D eigenvalue weighted by Gasteiger charge is 2.72. The van der Waals surface area contributed by atoms with Crippen molar-refractivity contribution in [2.45, 2.75) is 18.2 Å². The van der Waals surface area contributed by atoms with Crippen LogP contribution < -0.4 is 10.6 Å². The number of carbonyl (C=O) groups excluding carboxylic acids is 2. The van der Waals surface area contributed by atoms with Crippen LogP contribution in [0.15, 0.2) is 48.8 Å². The second-order valence-electron chi connectivity index (χ2n) is 7.61. The molecular weight excluding hydrogens is 388 g/mol. The zero-order chi connectivity index (χ0) is 21.4. The van der Waals surface area contributed by atoms with Gasteiger partial charge >= 0.3 is 11.9 Å². The number of rotatable bonds is 4. The Bertz CT molecular complexity index is 854. The number of piperidine rings is 2. The lowest BCUT2D eigenvalue weighted by atomic mass is 9.54. The summed E-state index contributed by atoms with van der Waals surface area (Å²) < 4.78 is 10.2. The molecule has 2 bridgehead atoms. The lowest BCUT2D eigenvalue weighted by molar-refractivity contribution is -0.209. The Morgan fingerprint density at radius 3 is 1.77 bits per heavy atom. The van der Waals surface area contributed by atoms with Crippen molar-refractivity contribution < 1.29 is 24.2 Å². The highest BCUT2D eigenvalue weighted by molar-refractivity contribution is 5.86. The zero-order valence-corrected chi connectivity index (χ0v) is 16.7. The van der Waals surface area contributed by atoms with Gasteiger partial charge < -0.3 is 19.9 Å². The zero-order valence-electron chi connectivity index (χ0n) is 16.7. The fourth-order valence-corrected chi connectivity index (χ4v) is 4.89. The third kappa shape index (κ3) is 2.73. The number of pyridine rings is 2. The molecule has 5 atom stereocenters. The number of hydrogen-bond donors (Lipinski definition) is 3. The van der Waals surface area contributed by atoms with Crippen LogP contribution in [0.4, 0.5) is 0 Å². The SMILES string of the molecule is COC(=O)C12CNCC(C(=O)OC)([C@@H]1O)[C@H](c1ccccn1)N[C@@H]2c1ccccn1. The van der Waals surface area contributed by atoms with Crippen molar-refractivity contribution >= 4 is 11.9 Å². The van der Waals surface area contributed by atoms with Crippen molar-refractivity contribution in [3.63, 3.8) is 0 Å². The maximum Gasteiger partial charge on any atom is 0.317 e. The molecule has 2 aliphatic heterocycles. The average Bonchev–Trinajstić information content (AvgIpc) is 2.79. The van der Waals surface area contributed by atoms with Crippen molar-refractivity contribution in [1.82, 2.24) is 20.6 Å². The number of fused-ring (bicyclic) bond motifs is 2. The first-order valence-electron chi connectivity index (χ1n) is 9.66. The molecule has 4 rings (SSSR count). The summed E-state index contributed by atoms with van der Waals surface area (Å²) in [7, 11) is 2.52. The first-order valence-corrected chi connectivity index (χ1v) is 9.66. The Morgan fingerprint density at radius 1 is 0.933 bits per heavy atom. The standard InChI is InChI=1S/C21H24N4O5/c1-29-18(27)20-11-22-12-21(17(20)26,19(28)30-2)16(14-8-4-6-10-24-14)25-15(20)13-7-3-5-9-23-13/h3-10,15-17,22,25-26H,11-12H2,1-2H3/t15-,16+,17-,20?,21?. The second-order valence-corrected chi connectivity index (χ2v) is 7.61. The third-order valence-corrected chi connectivity index (χ3v) is 6.27. The van der Waals surface area contributed by atoms with E-state index in [1.807, 2.05) is 0 Å². The monoisotopic (exact) mass is 412 g/mol. The van der Waals surface area contributed by atoms with Crippen LogP contribution in [0.5, 0.6) is 0 Å². The maximum atomic E-state index is 13.1. The molecule has 9 nitrogen and oxygen atoms in total. The number of aliphatic hydroxyl groups excluding tert-OH is 1. The second kappa shape index (κ2) is 7.75. The van der Waals surface area contributed by atoms with Gasteiger partial charge in [-0.1, -0.05) is 12.1 Å². The molecule has 0 amide bonds. The van der Waals surface area contributed by atoms with E-state index < -0.39 is 41.0 Å². The van der Waals surface area contributed by atoms with Crippen molar-refractivity contribution in [2.75, 3.05) is 27.3 Å². The molecule has 2 fully saturated rings. The molecule has 9 heteroatoms. The van der Waals surface area contributed by atoms with Gasteiger partial charge in [0, 0.05) is 25.5 Å². The van der Waals surface area contributed by atoms with Crippen LogP contribution in [0, 0.1) is 10.8 Å². The van der Waals surface area contributed by atoms with Gasteiger partial charge in [-0.25, -0.2) is 0 Å². The number of nitrogens with zero attached hydrogens (tertiary/aromatic N) is 2. The minimum atomic E-state index is -1.50. The lowest BCUT2D eigenvalue weighted by Crippen LogP contribution is -2.76. The van der Waals surface area contributed by atoms with Crippen LogP contribution in [0.3, 0.4) is 0 Å². The number of methoxy groups -OCH3 is 2. The van der Waals surface area contributed by atoms with Gasteiger partial charge in [0.1, 0.15) is 10.8 Å². The Labute approximate surface area is 173 Å². The van der Waals surface area contributed by atoms with E-state index in [1.165, 1.54) is 14.2 Å². The van der Waals surface area contributed by atoms with Gasteiger partial charge in [0.15, 0.2) is 0 Å². The van der Waals surface area contributed by atoms with Crippen molar-refractivity contribution in [3.05, 3.63) is 60.2 Å². The van der Waals surface area contributed by atoms with E-state index >= 15 is 0 Å². The van der Waals surface area contributed by atoms with Crippen molar-refractivity contribution in [2.24, 2.45) is 10.8 Å². The summed E-state index contributed by atoms with van der Waals surface area (Å²) in [5.74, 6) is -1.28. The van der Waals surface area contributed by atoms with Gasteiger partial charge in [-0.15, -0.1) is 0 Å². The quantitative estimate of drug-likeness (QED) is 0.602. The lowest BCUT2D eigenvalue weighted by Gasteiger charge is -2.59. The minimum absolute atomic E-state index is 0.1000. The minimum Gasteiger partial charge on any atom is -0.468 e. The smallest absolute Gasteiger partial charge is 0.317 e. The first kappa shape index (κ1) is 20.4. The maximum absolute atomic E-state index is 13.1. The van der Waals surface area contributed by atoms with Crippen LogP contribution in [0.2, 0.25) is 0 Å². The summed E-state index contributed by atoms with van der Waals surface area (Å²) in [6.45, 7) is 0.200. The first-order chi connectivity index (χ1) is 14.5. The van der Waals surface area contributed by atoms with Crippen LogP contribution in [-0.2, 0) is 19.1 Å². The number of nitrogens with one attached hydrogen (secondary N) is 2. The van der Waals surface area contributed by atoms with Gasteiger partial charge in [-0.3, -0.25) is 24.9 Å². The molecule has 4 heterocycles. The summed E-state index contributed by atoms with van der Waals surface area (Å²) in [6.07, 6.45) is 1.82. The van der Waals surface area contributed by atoms with Gasteiger partial charge in [-0.2, -0.15) is 0 Å². The Morgan fingerprint density at radius 2 is 1.40 bits per heavy atom. The number of aliphatic hydroxyl groups is 1. The molecular formula is C21H24N4O5. The van der Waals surface area contributed by atoms with E-state index in [1.54, 1.807) is 48.8 Å². The third-order valence-electron chi connectivity index (χ3n) is 6.27. The van der Waals surface area contributed by atoms with E-state index in [4.69, 9.17) is 9.47 Å². The largest absolute Gasteiger partial charge is 0.468 e. The average molecular weight is 412 g/mol. The Hall–Kier alpha value is -2.88. The summed E-state index contributed by atoms with van der Waals surface area (Å²) in [5.41, 5.74) is -1.91. The van der Waals surface area contributed by atoms with Crippen molar-refractivity contribution in [1.29, 1.82) is 0 Å². The normalized spacial score (nSPS) is 32.8. The van der Waals surface area contributed by atoms with E-state index in [2.05, 4.69) is 20.6 Å². The van der Waals surface area contributed by atoms with Crippen LogP contribution >= 0.6 is 0 Å². The number of carbonyl (C=O) groups is 2. The molecule has 2 aromatic rings. The van der Waals surface area contributed by atoms with Crippen LogP contribution in [-0.4, -0.2) is 60.4 Å². The van der Waals surface area contributed by atoms with E-state index in [9.17, 15) is 14.7 Å². The molecule has 0 saturated carbocycles. The van der Waals surface area contributed by atoms with E-state index in [0.717, 1.165) is 0 Å². The number of aromatic nitrogens is 2. The topological polar surface area (TPSA) is 123 Å². The molecule has 2 aliphatic rings. The van der Waals surface area contributed by atoms with E-state index in [-0.39, 0.29) is 13.1 Å². The van der Waals surface area contributed by atoms with Gasteiger partial charge in [0.25, 0.3) is 0 Å². The van der Waals surface area contributed by atoms with Gasteiger partial charge in [0.2, 0.25) is 0 Å². The van der Waals surface area contributed by atoms with E-state index in [0.29, 0.717) is 11.4 Å². The predicted molar refractivity (Wildman–Crippen MR) is 105 cm³/mol.